The van der Waals surface area contributed by atoms with Crippen LogP contribution in [0.5, 0.6) is 5.75 Å². The number of carbonyl (C=O) groups is 1. The van der Waals surface area contributed by atoms with Gasteiger partial charge in [0.2, 0.25) is 5.91 Å². The smallest absolute Gasteiger partial charge is 0.355 e. The predicted molar refractivity (Wildman–Crippen MR) is 156 cm³/mol. The summed E-state index contributed by atoms with van der Waals surface area (Å²) in [5.74, 6) is 0.0186. The summed E-state index contributed by atoms with van der Waals surface area (Å²) in [6.07, 6.45) is 3.30. The highest BCUT2D eigenvalue weighted by molar-refractivity contribution is 6.36. The van der Waals surface area contributed by atoms with Crippen molar-refractivity contribution < 1.29 is 13.9 Å². The fourth-order valence-corrected chi connectivity index (χ4v) is 6.29. The molecule has 1 saturated heterocycles. The first-order valence-electron chi connectivity index (χ1n) is 13.6. The highest BCUT2D eigenvalue weighted by atomic mass is 35.5. The standard InChI is InChI=1S/C31H27ClFN5O3/c1-3-23(39)36-14-15-37-18(16-36)17-41-27-24-28(37)35-30(40)38(22-11-7-5-9-20(22)31(2)12-13-31)29(24)34-26(25(27)32)19-8-4-6-10-21(19)33/h3-11,18H,1,12-17H2,2H3/t18-/m1/s1. The van der Waals surface area contributed by atoms with Gasteiger partial charge in [0.05, 0.1) is 17.4 Å². The molecule has 1 atom stereocenters. The molecule has 0 spiro atoms. The van der Waals surface area contributed by atoms with Crippen LogP contribution in [0.4, 0.5) is 10.2 Å². The second-order valence-electron chi connectivity index (χ2n) is 11.1. The molecular weight excluding hydrogens is 545 g/mol. The van der Waals surface area contributed by atoms with E-state index in [1.807, 2.05) is 29.2 Å². The number of carbonyl (C=O) groups excluding carboxylic acids is 1. The molecule has 4 aromatic rings. The normalized spacial score (nSPS) is 18.9. The van der Waals surface area contributed by atoms with Gasteiger partial charge < -0.3 is 14.5 Å². The molecule has 2 aromatic carbocycles. The van der Waals surface area contributed by atoms with Gasteiger partial charge in [-0.1, -0.05) is 55.4 Å². The van der Waals surface area contributed by atoms with Crippen molar-refractivity contribution in [2.45, 2.75) is 31.2 Å². The van der Waals surface area contributed by atoms with E-state index < -0.39 is 11.5 Å². The van der Waals surface area contributed by atoms with Gasteiger partial charge in [-0.3, -0.25) is 4.79 Å². The number of piperazine rings is 1. The van der Waals surface area contributed by atoms with Crippen molar-refractivity contribution in [1.82, 2.24) is 19.4 Å². The predicted octanol–water partition coefficient (Wildman–Crippen LogP) is 4.89. The Labute approximate surface area is 240 Å². The Bertz CT molecular complexity index is 1820. The van der Waals surface area contributed by atoms with Crippen molar-refractivity contribution in [1.29, 1.82) is 0 Å². The number of rotatable bonds is 4. The third kappa shape index (κ3) is 4.01. The van der Waals surface area contributed by atoms with Gasteiger partial charge in [-0.05, 0) is 48.1 Å². The summed E-state index contributed by atoms with van der Waals surface area (Å²) >= 11 is 6.96. The molecule has 7 rings (SSSR count). The average molecular weight is 572 g/mol. The molecule has 3 aliphatic rings. The zero-order valence-electron chi connectivity index (χ0n) is 22.4. The van der Waals surface area contributed by atoms with Gasteiger partial charge >= 0.3 is 5.69 Å². The van der Waals surface area contributed by atoms with E-state index in [4.69, 9.17) is 21.3 Å². The topological polar surface area (TPSA) is 80.6 Å². The lowest BCUT2D eigenvalue weighted by atomic mass is 9.96. The largest absolute Gasteiger partial charge is 0.489 e. The van der Waals surface area contributed by atoms with Crippen LogP contribution < -0.4 is 15.3 Å². The fraction of sp³-hybridized carbons (Fsp3) is 0.290. The quantitative estimate of drug-likeness (QED) is 0.325. The molecular formula is C31H27ClFN5O3. The van der Waals surface area contributed by atoms with Gasteiger partial charge in [0.25, 0.3) is 0 Å². The molecule has 0 unspecified atom stereocenters. The van der Waals surface area contributed by atoms with Gasteiger partial charge in [-0.2, -0.15) is 4.98 Å². The van der Waals surface area contributed by atoms with Crippen LogP contribution in [0.15, 0.2) is 66.0 Å². The van der Waals surface area contributed by atoms with E-state index >= 15 is 4.39 Å². The maximum atomic E-state index is 15.1. The molecule has 1 amide bonds. The minimum absolute atomic E-state index is 0.0613. The summed E-state index contributed by atoms with van der Waals surface area (Å²) < 4.78 is 23.0. The fourth-order valence-electron chi connectivity index (χ4n) is 5.99. The van der Waals surface area contributed by atoms with Gasteiger partial charge in [-0.25, -0.2) is 18.7 Å². The molecule has 2 aliphatic heterocycles. The Kier molecular flexibility index (Phi) is 5.90. The van der Waals surface area contributed by atoms with Crippen LogP contribution in [0.25, 0.3) is 28.0 Å². The average Bonchev–Trinajstić information content (AvgIpc) is 3.76. The SMILES string of the molecule is C=CC(=O)N1CCN2c3nc(=O)n(-c4ccccc4C4(C)CC4)c4nc(-c5ccccc5F)c(Cl)c(c34)OC[C@H]2C1. The first-order valence-corrected chi connectivity index (χ1v) is 14.0. The van der Waals surface area contributed by atoms with Crippen molar-refractivity contribution in [3.63, 3.8) is 0 Å². The third-order valence-electron chi connectivity index (χ3n) is 8.49. The number of para-hydroxylation sites is 1. The number of ether oxygens (including phenoxy) is 1. The molecule has 208 valence electrons. The highest BCUT2D eigenvalue weighted by Gasteiger charge is 2.42. The molecule has 2 aromatic heterocycles. The number of aromatic nitrogens is 3. The number of hydrogen-bond acceptors (Lipinski definition) is 6. The Morgan fingerprint density at radius 3 is 2.66 bits per heavy atom. The van der Waals surface area contributed by atoms with Crippen molar-refractivity contribution in [2.24, 2.45) is 0 Å². The van der Waals surface area contributed by atoms with Crippen molar-refractivity contribution in [3.05, 3.63) is 88.1 Å². The second-order valence-corrected chi connectivity index (χ2v) is 11.4. The van der Waals surface area contributed by atoms with Gasteiger partial charge in [0.15, 0.2) is 11.4 Å². The summed E-state index contributed by atoms with van der Waals surface area (Å²) in [5, 5.41) is 0.619. The Balaban J connectivity index is 1.53. The molecule has 1 aliphatic carbocycles. The zero-order chi connectivity index (χ0) is 28.5. The molecule has 4 heterocycles. The third-order valence-corrected chi connectivity index (χ3v) is 8.84. The van der Waals surface area contributed by atoms with E-state index in [0.29, 0.717) is 42.2 Å². The molecule has 0 radical (unpaired) electrons. The lowest BCUT2D eigenvalue weighted by molar-refractivity contribution is -0.126. The maximum absolute atomic E-state index is 15.1. The van der Waals surface area contributed by atoms with E-state index in [9.17, 15) is 9.59 Å². The molecule has 1 saturated carbocycles. The first kappa shape index (κ1) is 25.7. The maximum Gasteiger partial charge on any atom is 0.355 e. The molecule has 8 nitrogen and oxygen atoms in total. The van der Waals surface area contributed by atoms with Crippen LogP contribution in [0.3, 0.4) is 0 Å². The minimum Gasteiger partial charge on any atom is -0.489 e. The number of fused-ring (bicyclic) bond motifs is 2. The number of nitrogens with zero attached hydrogens (tertiary/aromatic N) is 5. The van der Waals surface area contributed by atoms with Crippen LogP contribution in [0.1, 0.15) is 25.3 Å². The highest BCUT2D eigenvalue weighted by Crippen LogP contribution is 2.50. The Morgan fingerprint density at radius 2 is 1.90 bits per heavy atom. The summed E-state index contributed by atoms with van der Waals surface area (Å²) in [4.78, 5) is 39.6. The second kappa shape index (κ2) is 9.41. The van der Waals surface area contributed by atoms with E-state index in [1.165, 1.54) is 16.7 Å². The van der Waals surface area contributed by atoms with Crippen molar-refractivity contribution in [2.75, 3.05) is 31.1 Å². The van der Waals surface area contributed by atoms with E-state index in [-0.39, 0.29) is 46.0 Å². The van der Waals surface area contributed by atoms with Crippen LogP contribution in [-0.2, 0) is 10.2 Å². The number of benzene rings is 2. The summed E-state index contributed by atoms with van der Waals surface area (Å²) in [6.45, 7) is 7.18. The zero-order valence-corrected chi connectivity index (χ0v) is 23.2. The lowest BCUT2D eigenvalue weighted by Gasteiger charge is -2.40. The summed E-state index contributed by atoms with van der Waals surface area (Å²) in [5.41, 5.74) is 1.80. The van der Waals surface area contributed by atoms with Crippen LogP contribution in [0.2, 0.25) is 5.02 Å². The molecule has 10 heteroatoms. The summed E-state index contributed by atoms with van der Waals surface area (Å²) in [7, 11) is 0. The number of hydrogen-bond donors (Lipinski definition) is 0. The Morgan fingerprint density at radius 1 is 1.15 bits per heavy atom. The van der Waals surface area contributed by atoms with Gasteiger partial charge in [0, 0.05) is 25.2 Å². The number of halogens is 2. The van der Waals surface area contributed by atoms with E-state index in [2.05, 4.69) is 18.5 Å². The van der Waals surface area contributed by atoms with E-state index in [0.717, 1.165) is 18.4 Å². The van der Waals surface area contributed by atoms with Crippen molar-refractivity contribution >= 4 is 34.4 Å². The lowest BCUT2D eigenvalue weighted by Crippen LogP contribution is -2.56. The number of amides is 1. The molecule has 0 bridgehead atoms. The van der Waals surface area contributed by atoms with Gasteiger partial charge in [-0.15, -0.1) is 0 Å². The summed E-state index contributed by atoms with van der Waals surface area (Å²) in [6, 6.07) is 13.7. The molecule has 2 fully saturated rings. The van der Waals surface area contributed by atoms with Crippen LogP contribution in [-0.4, -0.2) is 57.6 Å². The number of pyridine rings is 1. The number of anilines is 1. The molecule has 0 N–H and O–H groups in total. The molecule has 41 heavy (non-hydrogen) atoms. The van der Waals surface area contributed by atoms with E-state index in [1.54, 1.807) is 23.1 Å². The monoisotopic (exact) mass is 571 g/mol. The van der Waals surface area contributed by atoms with Crippen LogP contribution in [0, 0.1) is 5.82 Å². The van der Waals surface area contributed by atoms with Crippen molar-refractivity contribution in [3.8, 4) is 22.7 Å². The Hall–Kier alpha value is -4.24. The minimum atomic E-state index is -0.505. The first-order chi connectivity index (χ1) is 19.8. The van der Waals surface area contributed by atoms with Gasteiger partial charge in [0.1, 0.15) is 28.7 Å². The van der Waals surface area contributed by atoms with Crippen LogP contribution >= 0.6 is 11.6 Å².